The van der Waals surface area contributed by atoms with Crippen LogP contribution in [0.15, 0.2) is 42.5 Å². The van der Waals surface area contributed by atoms with Crippen LogP contribution in [0.1, 0.15) is 15.9 Å². The lowest BCUT2D eigenvalue weighted by Crippen LogP contribution is -2.13. The molecule has 0 aliphatic carbocycles. The van der Waals surface area contributed by atoms with Crippen molar-refractivity contribution in [1.82, 2.24) is 0 Å². The molecule has 5 heteroatoms. The lowest BCUT2D eigenvalue weighted by molar-refractivity contribution is 0.102. The number of rotatable bonds is 5. The maximum absolute atomic E-state index is 12.2. The van der Waals surface area contributed by atoms with Crippen LogP contribution < -0.4 is 15.8 Å². The lowest BCUT2D eigenvalue weighted by atomic mass is 10.1. The molecule has 0 unspecified atom stereocenters. The van der Waals surface area contributed by atoms with Gasteiger partial charge in [0.15, 0.2) is 0 Å². The Morgan fingerprint density at radius 3 is 2.62 bits per heavy atom. The molecule has 0 saturated carbocycles. The molecule has 0 bridgehead atoms. The molecule has 2 aromatic rings. The van der Waals surface area contributed by atoms with Crippen LogP contribution in [0, 0.1) is 6.92 Å². The Bertz CT molecular complexity index is 627. The summed E-state index contributed by atoms with van der Waals surface area (Å²) in [4.78, 5) is 12.2. The number of benzene rings is 2. The molecule has 2 rings (SSSR count). The smallest absolute Gasteiger partial charge is 0.255 e. The molecular formula is C16H17ClN2O2. The highest BCUT2D eigenvalue weighted by molar-refractivity contribution is 6.31. The Kier molecular flexibility index (Phi) is 5.20. The van der Waals surface area contributed by atoms with Crippen molar-refractivity contribution < 1.29 is 9.53 Å². The summed E-state index contributed by atoms with van der Waals surface area (Å²) in [6.45, 7) is 2.80. The third kappa shape index (κ3) is 4.21. The van der Waals surface area contributed by atoms with E-state index in [2.05, 4.69) is 5.32 Å². The van der Waals surface area contributed by atoms with E-state index in [1.54, 1.807) is 36.4 Å². The topological polar surface area (TPSA) is 64.3 Å². The molecule has 0 aromatic heterocycles. The van der Waals surface area contributed by atoms with Gasteiger partial charge in [0, 0.05) is 22.8 Å². The third-order valence-electron chi connectivity index (χ3n) is 2.94. The number of nitrogens with two attached hydrogens (primary N) is 1. The van der Waals surface area contributed by atoms with E-state index in [-0.39, 0.29) is 5.91 Å². The van der Waals surface area contributed by atoms with Crippen molar-refractivity contribution in [1.29, 1.82) is 0 Å². The molecule has 0 fully saturated rings. The molecule has 4 nitrogen and oxygen atoms in total. The zero-order chi connectivity index (χ0) is 15.2. The molecular weight excluding hydrogens is 288 g/mol. The fourth-order valence-electron chi connectivity index (χ4n) is 1.85. The molecule has 2 aromatic carbocycles. The van der Waals surface area contributed by atoms with Crippen molar-refractivity contribution in [2.45, 2.75) is 6.92 Å². The van der Waals surface area contributed by atoms with Crippen LogP contribution in [-0.4, -0.2) is 19.1 Å². The van der Waals surface area contributed by atoms with Crippen molar-refractivity contribution in [2.75, 3.05) is 18.5 Å². The first kappa shape index (κ1) is 15.4. The van der Waals surface area contributed by atoms with Gasteiger partial charge in [-0.25, -0.2) is 0 Å². The first-order valence-corrected chi connectivity index (χ1v) is 6.98. The molecule has 0 saturated heterocycles. The van der Waals surface area contributed by atoms with Crippen LogP contribution in [0.2, 0.25) is 5.02 Å². The summed E-state index contributed by atoms with van der Waals surface area (Å²) in [6.07, 6.45) is 0. The number of ether oxygens (including phenoxy) is 1. The number of hydrogen-bond donors (Lipinski definition) is 2. The highest BCUT2D eigenvalue weighted by atomic mass is 35.5. The molecule has 0 heterocycles. The van der Waals surface area contributed by atoms with Gasteiger partial charge in [-0.1, -0.05) is 17.7 Å². The van der Waals surface area contributed by atoms with Crippen LogP contribution in [0.3, 0.4) is 0 Å². The minimum Gasteiger partial charge on any atom is -0.492 e. The standard InChI is InChI=1S/C16H17ClN2O2/c1-11-2-3-12(17)10-15(11)16(20)19-13-4-6-14(7-5-13)21-9-8-18/h2-7,10H,8-9,18H2,1H3,(H,19,20). The van der Waals surface area contributed by atoms with Crippen LogP contribution in [0.5, 0.6) is 5.75 Å². The number of amides is 1. The third-order valence-corrected chi connectivity index (χ3v) is 3.18. The first-order valence-electron chi connectivity index (χ1n) is 6.60. The second kappa shape index (κ2) is 7.11. The molecule has 1 amide bonds. The summed E-state index contributed by atoms with van der Waals surface area (Å²) in [5.74, 6) is 0.531. The maximum atomic E-state index is 12.2. The van der Waals surface area contributed by atoms with E-state index in [1.165, 1.54) is 0 Å². The highest BCUT2D eigenvalue weighted by Gasteiger charge is 2.10. The number of aryl methyl sites for hydroxylation is 1. The van der Waals surface area contributed by atoms with Gasteiger partial charge in [-0.2, -0.15) is 0 Å². The second-order valence-electron chi connectivity index (χ2n) is 4.57. The molecule has 0 aliphatic heterocycles. The van der Waals surface area contributed by atoms with E-state index >= 15 is 0 Å². The van der Waals surface area contributed by atoms with E-state index < -0.39 is 0 Å². The average Bonchev–Trinajstić information content (AvgIpc) is 2.49. The Labute approximate surface area is 128 Å². The van der Waals surface area contributed by atoms with E-state index in [1.807, 2.05) is 13.0 Å². The summed E-state index contributed by atoms with van der Waals surface area (Å²) in [6, 6.07) is 12.4. The summed E-state index contributed by atoms with van der Waals surface area (Å²) < 4.78 is 5.38. The number of anilines is 1. The van der Waals surface area contributed by atoms with Crippen molar-refractivity contribution >= 4 is 23.2 Å². The van der Waals surface area contributed by atoms with Gasteiger partial charge in [-0.15, -0.1) is 0 Å². The highest BCUT2D eigenvalue weighted by Crippen LogP contribution is 2.19. The van der Waals surface area contributed by atoms with Crippen LogP contribution >= 0.6 is 11.6 Å². The van der Waals surface area contributed by atoms with Gasteiger partial charge in [0.25, 0.3) is 5.91 Å². The monoisotopic (exact) mass is 304 g/mol. The lowest BCUT2D eigenvalue weighted by Gasteiger charge is -2.09. The van der Waals surface area contributed by atoms with Crippen molar-refractivity contribution in [2.24, 2.45) is 5.73 Å². The molecule has 0 spiro atoms. The zero-order valence-corrected chi connectivity index (χ0v) is 12.5. The quantitative estimate of drug-likeness (QED) is 0.891. The van der Waals surface area contributed by atoms with Gasteiger partial charge in [0.2, 0.25) is 0 Å². The molecule has 3 N–H and O–H groups in total. The molecule has 0 radical (unpaired) electrons. The largest absolute Gasteiger partial charge is 0.492 e. The van der Waals surface area contributed by atoms with E-state index in [4.69, 9.17) is 22.1 Å². The van der Waals surface area contributed by atoms with Crippen molar-refractivity contribution in [3.63, 3.8) is 0 Å². The zero-order valence-electron chi connectivity index (χ0n) is 11.7. The van der Waals surface area contributed by atoms with Gasteiger partial charge in [0.1, 0.15) is 12.4 Å². The summed E-state index contributed by atoms with van der Waals surface area (Å²) in [7, 11) is 0. The summed E-state index contributed by atoms with van der Waals surface area (Å²) in [5, 5.41) is 3.37. The maximum Gasteiger partial charge on any atom is 0.255 e. The Morgan fingerprint density at radius 2 is 1.95 bits per heavy atom. The number of nitrogens with one attached hydrogen (secondary N) is 1. The van der Waals surface area contributed by atoms with Crippen molar-refractivity contribution in [3.05, 3.63) is 58.6 Å². The van der Waals surface area contributed by atoms with E-state index in [0.29, 0.717) is 29.4 Å². The second-order valence-corrected chi connectivity index (χ2v) is 5.01. The van der Waals surface area contributed by atoms with E-state index in [9.17, 15) is 4.79 Å². The number of carbonyl (C=O) groups is 1. The van der Waals surface area contributed by atoms with Gasteiger partial charge in [-0.3, -0.25) is 4.79 Å². The first-order chi connectivity index (χ1) is 10.1. The van der Waals surface area contributed by atoms with Crippen LogP contribution in [-0.2, 0) is 0 Å². The molecule has 110 valence electrons. The fourth-order valence-corrected chi connectivity index (χ4v) is 2.02. The normalized spacial score (nSPS) is 10.2. The van der Waals surface area contributed by atoms with E-state index in [0.717, 1.165) is 11.3 Å². The van der Waals surface area contributed by atoms with Crippen molar-refractivity contribution in [3.8, 4) is 5.75 Å². The number of halogens is 1. The Balaban J connectivity index is 2.07. The molecule has 21 heavy (non-hydrogen) atoms. The number of hydrogen-bond acceptors (Lipinski definition) is 3. The molecule has 0 atom stereocenters. The van der Waals surface area contributed by atoms with Gasteiger partial charge >= 0.3 is 0 Å². The minimum atomic E-state index is -0.189. The molecule has 0 aliphatic rings. The van der Waals surface area contributed by atoms with Gasteiger partial charge in [0.05, 0.1) is 0 Å². The fraction of sp³-hybridized carbons (Fsp3) is 0.188. The van der Waals surface area contributed by atoms with Gasteiger partial charge in [-0.05, 0) is 48.9 Å². The van der Waals surface area contributed by atoms with Gasteiger partial charge < -0.3 is 15.8 Å². The Hall–Kier alpha value is -2.04. The van der Waals surface area contributed by atoms with Crippen LogP contribution in [0.4, 0.5) is 5.69 Å². The average molecular weight is 305 g/mol. The SMILES string of the molecule is Cc1ccc(Cl)cc1C(=O)Nc1ccc(OCCN)cc1. The summed E-state index contributed by atoms with van der Waals surface area (Å²) in [5.41, 5.74) is 7.50. The predicted octanol–water partition coefficient (Wildman–Crippen LogP) is 3.24. The predicted molar refractivity (Wildman–Crippen MR) is 85.1 cm³/mol. The Morgan fingerprint density at radius 1 is 1.24 bits per heavy atom. The van der Waals surface area contributed by atoms with Crippen LogP contribution in [0.25, 0.3) is 0 Å². The number of carbonyl (C=O) groups excluding carboxylic acids is 1. The minimum absolute atomic E-state index is 0.189. The summed E-state index contributed by atoms with van der Waals surface area (Å²) >= 11 is 5.93.